The van der Waals surface area contributed by atoms with E-state index >= 15 is 0 Å². The van der Waals surface area contributed by atoms with Crippen LogP contribution in [0.1, 0.15) is 21.5 Å². The number of ether oxygens (including phenoxy) is 1. The Morgan fingerprint density at radius 2 is 1.86 bits per heavy atom. The number of benzene rings is 1. The lowest BCUT2D eigenvalue weighted by atomic mass is 10.1. The average Bonchev–Trinajstić information content (AvgIpc) is 2.29. The molecule has 0 radical (unpaired) electrons. The van der Waals surface area contributed by atoms with Gasteiger partial charge in [-0.25, -0.2) is 13.2 Å². The molecular formula is C12H13F3O5S. The molecule has 0 heterocycles. The SMILES string of the molecule is Cc1cc(C(=O)O)cc(S(=O)(=O)CCOC(F)(F)F)c1C. The predicted octanol–water partition coefficient (Wildman–Crippen LogP) is 2.31. The van der Waals surface area contributed by atoms with Gasteiger partial charge in [0.05, 0.1) is 22.8 Å². The first-order valence-corrected chi connectivity index (χ1v) is 7.37. The van der Waals surface area contributed by atoms with Gasteiger partial charge in [0.1, 0.15) is 0 Å². The summed E-state index contributed by atoms with van der Waals surface area (Å²) in [5.41, 5.74) is 0.477. The molecular weight excluding hydrogens is 313 g/mol. The van der Waals surface area contributed by atoms with Crippen molar-refractivity contribution >= 4 is 15.8 Å². The van der Waals surface area contributed by atoms with Crippen LogP contribution in [0, 0.1) is 13.8 Å². The van der Waals surface area contributed by atoms with Crippen LogP contribution >= 0.6 is 0 Å². The van der Waals surface area contributed by atoms with Crippen LogP contribution in [0.3, 0.4) is 0 Å². The highest BCUT2D eigenvalue weighted by molar-refractivity contribution is 7.91. The first-order valence-electron chi connectivity index (χ1n) is 5.72. The number of halogens is 3. The lowest BCUT2D eigenvalue weighted by molar-refractivity contribution is -0.322. The Kier molecular flexibility index (Phi) is 5.00. The topological polar surface area (TPSA) is 80.7 Å². The van der Waals surface area contributed by atoms with E-state index in [-0.39, 0.29) is 10.5 Å². The Balaban J connectivity index is 3.11. The second kappa shape index (κ2) is 6.02. The number of aromatic carboxylic acids is 1. The van der Waals surface area contributed by atoms with Crippen LogP contribution in [-0.4, -0.2) is 38.2 Å². The summed E-state index contributed by atoms with van der Waals surface area (Å²) in [5, 5.41) is 8.90. The number of alkyl halides is 3. The third kappa shape index (κ3) is 4.71. The van der Waals surface area contributed by atoms with E-state index in [0.29, 0.717) is 11.1 Å². The maximum absolute atomic E-state index is 12.0. The largest absolute Gasteiger partial charge is 0.522 e. The van der Waals surface area contributed by atoms with Crippen molar-refractivity contribution in [1.82, 2.24) is 0 Å². The van der Waals surface area contributed by atoms with Crippen molar-refractivity contribution in [2.45, 2.75) is 25.1 Å². The second-order valence-electron chi connectivity index (χ2n) is 4.33. The first-order chi connectivity index (χ1) is 9.44. The van der Waals surface area contributed by atoms with E-state index in [1.807, 2.05) is 0 Å². The molecule has 1 rings (SSSR count). The summed E-state index contributed by atoms with van der Waals surface area (Å²) in [7, 11) is -4.08. The highest BCUT2D eigenvalue weighted by Gasteiger charge is 2.30. The van der Waals surface area contributed by atoms with Crippen LogP contribution in [0.2, 0.25) is 0 Å². The van der Waals surface area contributed by atoms with Gasteiger partial charge >= 0.3 is 12.3 Å². The molecule has 0 bridgehead atoms. The maximum atomic E-state index is 12.0. The number of carboxylic acid groups (broad SMARTS) is 1. The van der Waals surface area contributed by atoms with E-state index in [2.05, 4.69) is 4.74 Å². The van der Waals surface area contributed by atoms with Gasteiger partial charge in [0, 0.05) is 0 Å². The quantitative estimate of drug-likeness (QED) is 0.898. The normalized spacial score (nSPS) is 12.4. The van der Waals surface area contributed by atoms with E-state index in [0.717, 1.165) is 6.07 Å². The minimum absolute atomic E-state index is 0.242. The number of carbonyl (C=O) groups is 1. The van der Waals surface area contributed by atoms with Gasteiger partial charge in [-0.15, -0.1) is 13.2 Å². The zero-order valence-corrected chi connectivity index (χ0v) is 12.0. The molecule has 0 aliphatic heterocycles. The highest BCUT2D eigenvalue weighted by Crippen LogP contribution is 2.23. The molecule has 0 amide bonds. The van der Waals surface area contributed by atoms with Gasteiger partial charge in [0.25, 0.3) is 0 Å². The molecule has 0 unspecified atom stereocenters. The molecule has 0 spiro atoms. The van der Waals surface area contributed by atoms with Gasteiger partial charge in [-0.1, -0.05) is 0 Å². The predicted molar refractivity (Wildman–Crippen MR) is 66.9 cm³/mol. The molecule has 9 heteroatoms. The van der Waals surface area contributed by atoms with Crippen molar-refractivity contribution in [3.05, 3.63) is 28.8 Å². The number of hydrogen-bond acceptors (Lipinski definition) is 4. The molecule has 1 aromatic carbocycles. The molecule has 118 valence electrons. The number of aryl methyl sites for hydroxylation is 1. The van der Waals surface area contributed by atoms with Crippen molar-refractivity contribution in [3.8, 4) is 0 Å². The van der Waals surface area contributed by atoms with Gasteiger partial charge in [0.15, 0.2) is 9.84 Å². The zero-order chi connectivity index (χ0) is 16.4. The molecule has 0 aliphatic carbocycles. The summed E-state index contributed by atoms with van der Waals surface area (Å²) in [6.45, 7) is 1.92. The van der Waals surface area contributed by atoms with Crippen molar-refractivity contribution < 1.29 is 36.2 Å². The van der Waals surface area contributed by atoms with Crippen molar-refractivity contribution in [2.75, 3.05) is 12.4 Å². The number of rotatable bonds is 5. The summed E-state index contributed by atoms with van der Waals surface area (Å²) < 4.78 is 63.0. The minimum Gasteiger partial charge on any atom is -0.478 e. The molecule has 1 aromatic rings. The van der Waals surface area contributed by atoms with Crippen molar-refractivity contribution in [2.24, 2.45) is 0 Å². The standard InChI is InChI=1S/C12H13F3O5S/c1-7-5-9(11(16)17)6-10(8(7)2)21(18,19)4-3-20-12(13,14)15/h5-6H,3-4H2,1-2H3,(H,16,17). The Labute approximate surface area is 119 Å². The smallest absolute Gasteiger partial charge is 0.478 e. The van der Waals surface area contributed by atoms with E-state index in [1.165, 1.54) is 19.9 Å². The van der Waals surface area contributed by atoms with Crippen molar-refractivity contribution in [1.29, 1.82) is 0 Å². The molecule has 1 N–H and O–H groups in total. The Hall–Kier alpha value is -1.61. The van der Waals surface area contributed by atoms with E-state index < -0.39 is 34.5 Å². The number of carboxylic acids is 1. The van der Waals surface area contributed by atoms with Crippen LogP contribution < -0.4 is 0 Å². The van der Waals surface area contributed by atoms with Crippen LogP contribution in [0.25, 0.3) is 0 Å². The van der Waals surface area contributed by atoms with Crippen molar-refractivity contribution in [3.63, 3.8) is 0 Å². The summed E-state index contributed by atoms with van der Waals surface area (Å²) in [6, 6.07) is 2.23. The molecule has 0 aromatic heterocycles. The Morgan fingerprint density at radius 3 is 2.33 bits per heavy atom. The fourth-order valence-corrected chi connectivity index (χ4v) is 3.11. The van der Waals surface area contributed by atoms with Crippen LogP contribution in [-0.2, 0) is 14.6 Å². The van der Waals surface area contributed by atoms with E-state index in [4.69, 9.17) is 5.11 Å². The third-order valence-electron chi connectivity index (χ3n) is 2.82. The molecule has 0 atom stereocenters. The number of sulfone groups is 1. The molecule has 0 aliphatic rings. The van der Waals surface area contributed by atoms with Crippen LogP contribution in [0.4, 0.5) is 13.2 Å². The first kappa shape index (κ1) is 17.4. The van der Waals surface area contributed by atoms with Gasteiger partial charge in [-0.05, 0) is 37.1 Å². The highest BCUT2D eigenvalue weighted by atomic mass is 32.2. The Bertz CT molecular complexity index is 650. The summed E-state index contributed by atoms with van der Waals surface area (Å²) >= 11 is 0. The monoisotopic (exact) mass is 326 g/mol. The molecule has 0 saturated heterocycles. The van der Waals surface area contributed by atoms with E-state index in [1.54, 1.807) is 0 Å². The average molecular weight is 326 g/mol. The molecule has 5 nitrogen and oxygen atoms in total. The summed E-state index contributed by atoms with van der Waals surface area (Å²) in [6.07, 6.45) is -4.91. The zero-order valence-electron chi connectivity index (χ0n) is 11.2. The van der Waals surface area contributed by atoms with Gasteiger partial charge in [0.2, 0.25) is 0 Å². The summed E-state index contributed by atoms with van der Waals surface area (Å²) in [5.74, 6) is -2.21. The molecule has 21 heavy (non-hydrogen) atoms. The van der Waals surface area contributed by atoms with E-state index in [9.17, 15) is 26.4 Å². The number of hydrogen-bond donors (Lipinski definition) is 1. The lowest BCUT2D eigenvalue weighted by Gasteiger charge is -2.12. The lowest BCUT2D eigenvalue weighted by Crippen LogP contribution is -2.21. The minimum atomic E-state index is -4.91. The third-order valence-corrected chi connectivity index (χ3v) is 4.62. The summed E-state index contributed by atoms with van der Waals surface area (Å²) in [4.78, 5) is 10.6. The fraction of sp³-hybridized carbons (Fsp3) is 0.417. The molecule has 0 fully saturated rings. The molecule has 0 saturated carbocycles. The fourth-order valence-electron chi connectivity index (χ4n) is 1.65. The van der Waals surface area contributed by atoms with Gasteiger partial charge in [-0.3, -0.25) is 4.74 Å². The van der Waals surface area contributed by atoms with Crippen LogP contribution in [0.5, 0.6) is 0 Å². The second-order valence-corrected chi connectivity index (χ2v) is 6.41. The van der Waals surface area contributed by atoms with Gasteiger partial charge in [-0.2, -0.15) is 0 Å². The van der Waals surface area contributed by atoms with Crippen LogP contribution in [0.15, 0.2) is 17.0 Å². The maximum Gasteiger partial charge on any atom is 0.522 e. The van der Waals surface area contributed by atoms with Gasteiger partial charge < -0.3 is 5.11 Å². The Morgan fingerprint density at radius 1 is 1.29 bits per heavy atom.